The molecule has 1 aliphatic carbocycles. The van der Waals surface area contributed by atoms with Gasteiger partial charge in [-0.05, 0) is 36.6 Å². The number of pyridine rings is 1. The maximum atomic E-state index is 4.38. The molecule has 0 bridgehead atoms. The van der Waals surface area contributed by atoms with E-state index in [1.165, 1.54) is 30.2 Å². The van der Waals surface area contributed by atoms with Gasteiger partial charge in [-0.1, -0.05) is 34.5 Å². The summed E-state index contributed by atoms with van der Waals surface area (Å²) in [5, 5.41) is 2.30. The summed E-state index contributed by atoms with van der Waals surface area (Å²) in [7, 11) is 0. The zero-order valence-electron chi connectivity index (χ0n) is 11.1. The average Bonchev–Trinajstić information content (AvgIpc) is 2.37. The van der Waals surface area contributed by atoms with E-state index >= 15 is 0 Å². The van der Waals surface area contributed by atoms with Crippen molar-refractivity contribution in [3.05, 3.63) is 42.1 Å². The summed E-state index contributed by atoms with van der Waals surface area (Å²) in [4.78, 5) is 6.99. The molecule has 0 atom stereocenters. The molecule has 2 aromatic rings. The van der Waals surface area contributed by atoms with Crippen LogP contribution in [0.5, 0.6) is 0 Å². The smallest absolute Gasteiger partial charge is 0.0702 e. The zero-order valence-corrected chi connectivity index (χ0v) is 12.6. The molecule has 3 rings (SSSR count). The summed E-state index contributed by atoms with van der Waals surface area (Å²) in [6.45, 7) is 2.19. The molecule has 1 aromatic heterocycles. The third-order valence-corrected chi connectivity index (χ3v) is 4.37. The molecule has 1 aliphatic rings. The molecule has 0 spiro atoms. The van der Waals surface area contributed by atoms with Gasteiger partial charge in [0.05, 0.1) is 5.52 Å². The van der Waals surface area contributed by atoms with Crippen molar-refractivity contribution in [2.45, 2.75) is 31.8 Å². The van der Waals surface area contributed by atoms with Gasteiger partial charge in [0.25, 0.3) is 0 Å². The zero-order chi connectivity index (χ0) is 13.1. The van der Waals surface area contributed by atoms with Gasteiger partial charge in [0.1, 0.15) is 0 Å². The molecule has 0 amide bonds. The van der Waals surface area contributed by atoms with Crippen LogP contribution in [-0.2, 0) is 6.54 Å². The summed E-state index contributed by atoms with van der Waals surface area (Å²) >= 11 is 3.57. The van der Waals surface area contributed by atoms with Crippen molar-refractivity contribution < 1.29 is 0 Å². The number of aromatic nitrogens is 1. The fraction of sp³-hybridized carbons (Fsp3) is 0.438. The maximum absolute atomic E-state index is 4.38. The monoisotopic (exact) mass is 318 g/mol. The molecule has 2 nitrogen and oxygen atoms in total. The van der Waals surface area contributed by atoms with E-state index in [1.54, 1.807) is 0 Å². The number of nitrogens with zero attached hydrogens (tertiary/aromatic N) is 2. The molecule has 0 saturated heterocycles. The summed E-state index contributed by atoms with van der Waals surface area (Å²) in [6, 6.07) is 11.6. The van der Waals surface area contributed by atoms with Crippen LogP contribution in [0.25, 0.3) is 10.9 Å². The number of hydrogen-bond acceptors (Lipinski definition) is 2. The van der Waals surface area contributed by atoms with Gasteiger partial charge in [0.2, 0.25) is 0 Å². The highest BCUT2D eigenvalue weighted by Gasteiger charge is 2.24. The molecule has 19 heavy (non-hydrogen) atoms. The Balaban J connectivity index is 1.78. The molecular formula is C16H19BrN2. The maximum Gasteiger partial charge on any atom is 0.0702 e. The van der Waals surface area contributed by atoms with Crippen molar-refractivity contribution in [1.29, 1.82) is 0 Å². The second kappa shape index (κ2) is 6.02. The largest absolute Gasteiger partial charge is 0.295 e. The van der Waals surface area contributed by atoms with Crippen LogP contribution in [0.4, 0.5) is 0 Å². The Morgan fingerprint density at radius 2 is 2.16 bits per heavy atom. The molecule has 0 N–H and O–H groups in total. The first-order valence-electron chi connectivity index (χ1n) is 7.00. The van der Waals surface area contributed by atoms with E-state index in [4.69, 9.17) is 0 Å². The molecule has 1 aromatic carbocycles. The third kappa shape index (κ3) is 2.98. The highest BCUT2D eigenvalue weighted by atomic mass is 79.9. The average molecular weight is 319 g/mol. The summed E-state index contributed by atoms with van der Waals surface area (Å²) in [5.74, 6) is 0. The first kappa shape index (κ1) is 13.1. The molecule has 3 heteroatoms. The SMILES string of the molecule is BrCCN(Cc1ccc2ncccc2c1)C1CCC1. The number of hydrogen-bond donors (Lipinski definition) is 0. The van der Waals surface area contributed by atoms with Gasteiger partial charge in [0, 0.05) is 36.0 Å². The Kier molecular flexibility index (Phi) is 4.14. The Bertz CT molecular complexity index is 551. The predicted molar refractivity (Wildman–Crippen MR) is 83.6 cm³/mol. The fourth-order valence-electron chi connectivity index (χ4n) is 2.71. The summed E-state index contributed by atoms with van der Waals surface area (Å²) < 4.78 is 0. The van der Waals surface area contributed by atoms with Crippen LogP contribution in [0.2, 0.25) is 0 Å². The Hall–Kier alpha value is -0.930. The molecule has 1 saturated carbocycles. The van der Waals surface area contributed by atoms with E-state index in [9.17, 15) is 0 Å². The number of alkyl halides is 1. The van der Waals surface area contributed by atoms with E-state index < -0.39 is 0 Å². The predicted octanol–water partition coefficient (Wildman–Crippen LogP) is 3.98. The highest BCUT2D eigenvalue weighted by molar-refractivity contribution is 9.09. The lowest BCUT2D eigenvalue weighted by Crippen LogP contribution is -2.40. The number of benzene rings is 1. The number of halogens is 1. The van der Waals surface area contributed by atoms with Crippen molar-refractivity contribution in [3.63, 3.8) is 0 Å². The second-order valence-electron chi connectivity index (χ2n) is 5.27. The standard InChI is InChI=1S/C16H19BrN2/c17-8-10-19(15-4-1-5-15)12-13-6-7-16-14(11-13)3-2-9-18-16/h2-3,6-7,9,11,15H,1,4-5,8,10,12H2. The van der Waals surface area contributed by atoms with E-state index in [-0.39, 0.29) is 0 Å². The van der Waals surface area contributed by atoms with Crippen molar-refractivity contribution >= 4 is 26.8 Å². The van der Waals surface area contributed by atoms with Gasteiger partial charge in [-0.2, -0.15) is 0 Å². The molecule has 1 fully saturated rings. The summed E-state index contributed by atoms with van der Waals surface area (Å²) in [5.41, 5.74) is 2.48. The normalized spacial score (nSPS) is 15.9. The Morgan fingerprint density at radius 3 is 2.89 bits per heavy atom. The van der Waals surface area contributed by atoms with Crippen molar-refractivity contribution in [1.82, 2.24) is 9.88 Å². The van der Waals surface area contributed by atoms with Crippen LogP contribution in [0.3, 0.4) is 0 Å². The van der Waals surface area contributed by atoms with Crippen LogP contribution in [0, 0.1) is 0 Å². The van der Waals surface area contributed by atoms with Crippen molar-refractivity contribution in [2.24, 2.45) is 0 Å². The lowest BCUT2D eigenvalue weighted by molar-refractivity contribution is 0.128. The van der Waals surface area contributed by atoms with Gasteiger partial charge in [-0.15, -0.1) is 0 Å². The number of fused-ring (bicyclic) bond motifs is 1. The minimum Gasteiger partial charge on any atom is -0.295 e. The first-order chi connectivity index (χ1) is 9.36. The molecule has 1 heterocycles. The van der Waals surface area contributed by atoms with E-state index in [2.05, 4.69) is 50.1 Å². The van der Waals surface area contributed by atoms with E-state index in [1.807, 2.05) is 12.3 Å². The van der Waals surface area contributed by atoms with Gasteiger partial charge in [-0.25, -0.2) is 0 Å². The Morgan fingerprint density at radius 1 is 1.26 bits per heavy atom. The van der Waals surface area contributed by atoms with Gasteiger partial charge in [-0.3, -0.25) is 9.88 Å². The van der Waals surface area contributed by atoms with Crippen LogP contribution in [0.15, 0.2) is 36.5 Å². The van der Waals surface area contributed by atoms with E-state index in [0.29, 0.717) is 0 Å². The van der Waals surface area contributed by atoms with Crippen LogP contribution in [-0.4, -0.2) is 27.8 Å². The lowest BCUT2D eigenvalue weighted by Gasteiger charge is -2.37. The molecular weight excluding hydrogens is 300 g/mol. The van der Waals surface area contributed by atoms with Crippen molar-refractivity contribution in [2.75, 3.05) is 11.9 Å². The second-order valence-corrected chi connectivity index (χ2v) is 6.07. The van der Waals surface area contributed by atoms with Crippen LogP contribution < -0.4 is 0 Å². The minimum absolute atomic E-state index is 0.794. The van der Waals surface area contributed by atoms with Gasteiger partial charge < -0.3 is 0 Å². The highest BCUT2D eigenvalue weighted by Crippen LogP contribution is 2.26. The topological polar surface area (TPSA) is 16.1 Å². The lowest BCUT2D eigenvalue weighted by atomic mass is 9.91. The first-order valence-corrected chi connectivity index (χ1v) is 8.12. The molecule has 0 unspecified atom stereocenters. The molecule has 100 valence electrons. The molecule has 0 radical (unpaired) electrons. The third-order valence-electron chi connectivity index (χ3n) is 4.02. The van der Waals surface area contributed by atoms with Crippen molar-refractivity contribution in [3.8, 4) is 0 Å². The molecule has 0 aliphatic heterocycles. The Labute approximate surface area is 123 Å². The van der Waals surface area contributed by atoms with Crippen LogP contribution >= 0.6 is 15.9 Å². The number of rotatable bonds is 5. The van der Waals surface area contributed by atoms with Gasteiger partial charge >= 0.3 is 0 Å². The fourth-order valence-corrected chi connectivity index (χ4v) is 3.16. The quantitative estimate of drug-likeness (QED) is 0.775. The minimum atomic E-state index is 0.794. The van der Waals surface area contributed by atoms with E-state index in [0.717, 1.165) is 30.0 Å². The van der Waals surface area contributed by atoms with Gasteiger partial charge in [0.15, 0.2) is 0 Å². The summed E-state index contributed by atoms with van der Waals surface area (Å²) in [6.07, 6.45) is 5.98. The van der Waals surface area contributed by atoms with Crippen LogP contribution in [0.1, 0.15) is 24.8 Å².